The lowest BCUT2D eigenvalue weighted by atomic mass is 9.94. The number of unbranched alkanes of at least 4 members (excludes halogenated alkanes) is 1. The van der Waals surface area contributed by atoms with Crippen LogP contribution in [-0.2, 0) is 11.2 Å². The molecule has 2 nitrogen and oxygen atoms in total. The zero-order valence-electron chi connectivity index (χ0n) is 12.8. The average molecular weight is 282 g/mol. The highest BCUT2D eigenvalue weighted by Crippen LogP contribution is 2.25. The highest BCUT2D eigenvalue weighted by Gasteiger charge is 2.12. The Balaban J connectivity index is 2.21. The van der Waals surface area contributed by atoms with Crippen LogP contribution >= 0.6 is 0 Å². The van der Waals surface area contributed by atoms with Crippen molar-refractivity contribution in [2.75, 3.05) is 0 Å². The largest absolute Gasteiger partial charge is 0.300 e. The number of hydrogen-bond donors (Lipinski definition) is 0. The Morgan fingerprint density at radius 1 is 0.952 bits per heavy atom. The molecule has 0 unspecified atom stereocenters. The van der Waals surface area contributed by atoms with Crippen LogP contribution in [0.3, 0.4) is 0 Å². The van der Waals surface area contributed by atoms with Gasteiger partial charge in [-0.25, -0.2) is 0 Å². The van der Waals surface area contributed by atoms with Gasteiger partial charge < -0.3 is 4.79 Å². The summed E-state index contributed by atoms with van der Waals surface area (Å²) < 4.78 is 0. The third kappa shape index (κ3) is 3.78. The number of Topliss-reactive ketones (excluding diaryl/α,β-unsaturated/α-hetero) is 2. The minimum atomic E-state index is 0.185. The van der Waals surface area contributed by atoms with E-state index in [2.05, 4.69) is 25.1 Å². The van der Waals surface area contributed by atoms with Gasteiger partial charge in [0, 0.05) is 18.4 Å². The van der Waals surface area contributed by atoms with E-state index in [9.17, 15) is 9.59 Å². The van der Waals surface area contributed by atoms with Gasteiger partial charge in [-0.05, 0) is 42.5 Å². The molecule has 0 N–H and O–H groups in total. The first kappa shape index (κ1) is 15.4. The molecule has 0 aliphatic rings. The number of aryl methyl sites for hydroxylation is 1. The monoisotopic (exact) mass is 282 g/mol. The van der Waals surface area contributed by atoms with Crippen molar-refractivity contribution in [2.45, 2.75) is 46.0 Å². The topological polar surface area (TPSA) is 34.1 Å². The molecule has 21 heavy (non-hydrogen) atoms. The van der Waals surface area contributed by atoms with Gasteiger partial charge in [0.2, 0.25) is 0 Å². The molecule has 0 spiro atoms. The Morgan fingerprint density at radius 3 is 2.29 bits per heavy atom. The van der Waals surface area contributed by atoms with Gasteiger partial charge in [0.05, 0.1) is 0 Å². The van der Waals surface area contributed by atoms with E-state index >= 15 is 0 Å². The molecule has 2 aromatic rings. The van der Waals surface area contributed by atoms with Crippen molar-refractivity contribution in [3.63, 3.8) is 0 Å². The van der Waals surface area contributed by atoms with Crippen molar-refractivity contribution in [1.82, 2.24) is 0 Å². The third-order valence-corrected chi connectivity index (χ3v) is 3.85. The molecule has 2 rings (SSSR count). The summed E-state index contributed by atoms with van der Waals surface area (Å²) in [7, 11) is 0. The maximum Gasteiger partial charge on any atom is 0.163 e. The van der Waals surface area contributed by atoms with Gasteiger partial charge in [-0.15, -0.1) is 0 Å². The number of hydrogen-bond acceptors (Lipinski definition) is 2. The second kappa shape index (κ2) is 7.16. The lowest BCUT2D eigenvalue weighted by Gasteiger charge is -2.10. The summed E-state index contributed by atoms with van der Waals surface area (Å²) in [5, 5.41) is 2.23. The average Bonchev–Trinajstić information content (AvgIpc) is 2.49. The van der Waals surface area contributed by atoms with Crippen LogP contribution in [0.4, 0.5) is 0 Å². The summed E-state index contributed by atoms with van der Waals surface area (Å²) in [4.78, 5) is 23.4. The predicted molar refractivity (Wildman–Crippen MR) is 86.8 cm³/mol. The first-order chi connectivity index (χ1) is 10.1. The zero-order chi connectivity index (χ0) is 15.2. The molecular formula is C19H22O2. The summed E-state index contributed by atoms with van der Waals surface area (Å²) in [6.45, 7) is 3.71. The fourth-order valence-corrected chi connectivity index (χ4v) is 2.74. The highest BCUT2D eigenvalue weighted by atomic mass is 16.1. The normalized spacial score (nSPS) is 10.8. The Bertz CT molecular complexity index is 650. The summed E-state index contributed by atoms with van der Waals surface area (Å²) in [5.74, 6) is 0.380. The molecule has 0 heterocycles. The van der Waals surface area contributed by atoms with Crippen LogP contribution in [0.5, 0.6) is 0 Å². The number of carbonyl (C=O) groups is 2. The number of ketones is 2. The van der Waals surface area contributed by atoms with Gasteiger partial charge in [-0.2, -0.15) is 0 Å². The first-order valence-corrected chi connectivity index (χ1v) is 7.66. The van der Waals surface area contributed by atoms with Crippen molar-refractivity contribution in [1.29, 1.82) is 0 Å². The molecule has 2 aromatic carbocycles. The minimum Gasteiger partial charge on any atom is -0.300 e. The van der Waals surface area contributed by atoms with E-state index in [0.717, 1.165) is 35.6 Å². The van der Waals surface area contributed by atoms with Crippen molar-refractivity contribution < 1.29 is 9.59 Å². The molecule has 0 atom stereocenters. The van der Waals surface area contributed by atoms with Gasteiger partial charge in [-0.1, -0.05) is 43.3 Å². The van der Waals surface area contributed by atoms with Gasteiger partial charge in [0.25, 0.3) is 0 Å². The van der Waals surface area contributed by atoms with Crippen LogP contribution in [0.25, 0.3) is 10.8 Å². The van der Waals surface area contributed by atoms with Crippen molar-refractivity contribution in [2.24, 2.45) is 0 Å². The number of fused-ring (bicyclic) bond motifs is 1. The van der Waals surface area contributed by atoms with E-state index in [-0.39, 0.29) is 11.6 Å². The molecule has 2 heteroatoms. The predicted octanol–water partition coefficient (Wildman–Crippen LogP) is 4.73. The number of benzene rings is 2. The Hall–Kier alpha value is -1.96. The minimum absolute atomic E-state index is 0.185. The molecular weight excluding hydrogens is 260 g/mol. The smallest absolute Gasteiger partial charge is 0.163 e. The van der Waals surface area contributed by atoms with E-state index in [1.807, 2.05) is 18.2 Å². The van der Waals surface area contributed by atoms with Crippen LogP contribution in [0.1, 0.15) is 55.5 Å². The molecule has 0 radical (unpaired) electrons. The summed E-state index contributed by atoms with van der Waals surface area (Å²) in [6.07, 6.45) is 3.59. The summed E-state index contributed by atoms with van der Waals surface area (Å²) >= 11 is 0. The number of carbonyl (C=O) groups excluding carboxylic acids is 2. The van der Waals surface area contributed by atoms with Gasteiger partial charge in [0.15, 0.2) is 5.78 Å². The first-order valence-electron chi connectivity index (χ1n) is 7.66. The lowest BCUT2D eigenvalue weighted by molar-refractivity contribution is -0.117. The number of rotatable bonds is 7. The van der Waals surface area contributed by atoms with Crippen molar-refractivity contribution in [3.8, 4) is 0 Å². The second-order valence-electron chi connectivity index (χ2n) is 5.51. The zero-order valence-corrected chi connectivity index (χ0v) is 12.8. The molecule has 0 saturated heterocycles. The van der Waals surface area contributed by atoms with Crippen LogP contribution in [0.15, 0.2) is 36.4 Å². The standard InChI is InChI=1S/C19H22O2/c1-3-15-9-6-10-16-11-7-12-17(19(15)16)18(21)13-5-4-8-14(2)20/h6-7,9-12H,3-5,8,13H2,1-2H3. The Kier molecular flexibility index (Phi) is 5.26. The van der Waals surface area contributed by atoms with Crippen LogP contribution in [0, 0.1) is 0 Å². The molecule has 0 aliphatic heterocycles. The van der Waals surface area contributed by atoms with Crippen molar-refractivity contribution >= 4 is 22.3 Å². The van der Waals surface area contributed by atoms with E-state index in [1.54, 1.807) is 6.92 Å². The molecule has 0 amide bonds. The van der Waals surface area contributed by atoms with Crippen LogP contribution in [0.2, 0.25) is 0 Å². The lowest BCUT2D eigenvalue weighted by Crippen LogP contribution is -2.02. The van der Waals surface area contributed by atoms with E-state index in [4.69, 9.17) is 0 Å². The van der Waals surface area contributed by atoms with E-state index in [0.29, 0.717) is 12.8 Å². The fourth-order valence-electron chi connectivity index (χ4n) is 2.74. The quantitative estimate of drug-likeness (QED) is 0.543. The van der Waals surface area contributed by atoms with E-state index < -0.39 is 0 Å². The van der Waals surface area contributed by atoms with E-state index in [1.165, 1.54) is 5.56 Å². The second-order valence-corrected chi connectivity index (χ2v) is 5.51. The molecule has 0 aliphatic carbocycles. The van der Waals surface area contributed by atoms with Gasteiger partial charge in [0.1, 0.15) is 5.78 Å². The summed E-state index contributed by atoms with van der Waals surface area (Å²) in [5.41, 5.74) is 2.05. The van der Waals surface area contributed by atoms with Crippen LogP contribution in [-0.4, -0.2) is 11.6 Å². The Morgan fingerprint density at radius 2 is 1.62 bits per heavy atom. The fraction of sp³-hybridized carbons (Fsp3) is 0.368. The Labute approximate surface area is 126 Å². The van der Waals surface area contributed by atoms with Gasteiger partial charge in [-0.3, -0.25) is 4.79 Å². The van der Waals surface area contributed by atoms with Crippen molar-refractivity contribution in [3.05, 3.63) is 47.5 Å². The molecule has 0 saturated carbocycles. The maximum atomic E-state index is 12.5. The molecule has 110 valence electrons. The SMILES string of the molecule is CCc1cccc2cccc(C(=O)CCCCC(C)=O)c12. The van der Waals surface area contributed by atoms with Crippen LogP contribution < -0.4 is 0 Å². The summed E-state index contributed by atoms with van der Waals surface area (Å²) in [6, 6.07) is 12.1. The highest BCUT2D eigenvalue weighted by molar-refractivity contribution is 6.09. The molecule has 0 aromatic heterocycles. The molecule has 0 fully saturated rings. The maximum absolute atomic E-state index is 12.5. The van der Waals surface area contributed by atoms with Gasteiger partial charge >= 0.3 is 0 Å². The third-order valence-electron chi connectivity index (χ3n) is 3.85. The molecule has 0 bridgehead atoms.